The molecule has 0 aliphatic rings. The lowest BCUT2D eigenvalue weighted by atomic mass is 10.3. The van der Waals surface area contributed by atoms with Gasteiger partial charge in [0.2, 0.25) is 0 Å². The number of hydrogen-bond acceptors (Lipinski definition) is 2. The first kappa shape index (κ1) is 13.1. The summed E-state index contributed by atoms with van der Waals surface area (Å²) >= 11 is 0. The highest BCUT2D eigenvalue weighted by atomic mass is 19.0. The summed E-state index contributed by atoms with van der Waals surface area (Å²) in [5.41, 5.74) is 5.26. The first-order valence-corrected chi connectivity index (χ1v) is 3.82. The molecule has 0 bridgehead atoms. The fourth-order valence-corrected chi connectivity index (χ4v) is 0.627. The van der Waals surface area contributed by atoms with Crippen LogP contribution in [0.3, 0.4) is 0 Å². The number of nitrogens with two attached hydrogens (primary N) is 1. The third kappa shape index (κ3) is 9.43. The minimum absolute atomic E-state index is 0. The topological polar surface area (TPSA) is 35.2 Å². The third-order valence-electron chi connectivity index (χ3n) is 1.28. The average molecular weight is 163 g/mol. The van der Waals surface area contributed by atoms with Gasteiger partial charge in [-0.05, 0) is 6.42 Å². The number of unbranched alkanes of at least 4 members (excludes halogenated alkanes) is 2. The lowest BCUT2D eigenvalue weighted by molar-refractivity contribution is 0.204. The summed E-state index contributed by atoms with van der Waals surface area (Å²) in [5, 5.41) is 0. The summed E-state index contributed by atoms with van der Waals surface area (Å²) in [7, 11) is 0. The zero-order valence-electron chi connectivity index (χ0n) is 7.14. The van der Waals surface area contributed by atoms with E-state index in [-0.39, 0.29) is 4.70 Å². The van der Waals surface area contributed by atoms with Crippen molar-refractivity contribution in [2.45, 2.75) is 26.2 Å². The molecular weight excluding hydrogens is 145 g/mol. The molecule has 0 heterocycles. The first-order chi connectivity index (χ1) is 4.81. The van der Waals surface area contributed by atoms with Crippen LogP contribution in [0, 0.1) is 0 Å². The van der Waals surface area contributed by atoms with E-state index >= 15 is 0 Å². The van der Waals surface area contributed by atoms with Crippen LogP contribution in [0.15, 0.2) is 12.3 Å². The SMILES string of the molecule is C=C(CN)OCCCCC.F. The maximum Gasteiger partial charge on any atom is 0.102 e. The molecule has 2 N–H and O–H groups in total. The molecule has 0 radical (unpaired) electrons. The van der Waals surface area contributed by atoms with Crippen LogP contribution in [-0.2, 0) is 4.74 Å². The molecule has 0 atom stereocenters. The Morgan fingerprint density at radius 3 is 2.55 bits per heavy atom. The molecule has 0 amide bonds. The zero-order chi connectivity index (χ0) is 7.82. The molecule has 0 spiro atoms. The van der Waals surface area contributed by atoms with Crippen LogP contribution in [0.25, 0.3) is 0 Å². The fraction of sp³-hybridized carbons (Fsp3) is 0.750. The Morgan fingerprint density at radius 2 is 2.09 bits per heavy atom. The van der Waals surface area contributed by atoms with Crippen molar-refractivity contribution in [1.82, 2.24) is 0 Å². The van der Waals surface area contributed by atoms with E-state index in [4.69, 9.17) is 10.5 Å². The lowest BCUT2D eigenvalue weighted by Gasteiger charge is -2.05. The van der Waals surface area contributed by atoms with Crippen LogP contribution in [0.2, 0.25) is 0 Å². The van der Waals surface area contributed by atoms with Crippen LogP contribution < -0.4 is 5.73 Å². The van der Waals surface area contributed by atoms with Gasteiger partial charge in [-0.3, -0.25) is 4.70 Å². The highest BCUT2D eigenvalue weighted by Gasteiger charge is 1.89. The Balaban J connectivity index is 0. The average Bonchev–Trinajstić information content (AvgIpc) is 1.98. The normalized spacial score (nSPS) is 8.55. The maximum absolute atomic E-state index is 5.26. The van der Waals surface area contributed by atoms with Gasteiger partial charge in [-0.15, -0.1) is 0 Å². The molecule has 0 fully saturated rings. The van der Waals surface area contributed by atoms with Crippen LogP contribution in [-0.4, -0.2) is 13.2 Å². The molecule has 0 rings (SSSR count). The molecule has 0 aromatic rings. The van der Waals surface area contributed by atoms with Crippen molar-refractivity contribution in [3.63, 3.8) is 0 Å². The van der Waals surface area contributed by atoms with E-state index in [9.17, 15) is 0 Å². The Bertz CT molecular complexity index is 96.1. The highest BCUT2D eigenvalue weighted by molar-refractivity contribution is 4.82. The van der Waals surface area contributed by atoms with Gasteiger partial charge in [0.1, 0.15) is 5.76 Å². The van der Waals surface area contributed by atoms with E-state index in [1.165, 1.54) is 12.8 Å². The van der Waals surface area contributed by atoms with E-state index < -0.39 is 0 Å². The monoisotopic (exact) mass is 163 g/mol. The minimum Gasteiger partial charge on any atom is -0.497 e. The third-order valence-corrected chi connectivity index (χ3v) is 1.28. The Hall–Kier alpha value is -0.570. The molecule has 0 unspecified atom stereocenters. The highest BCUT2D eigenvalue weighted by Crippen LogP contribution is 1.97. The standard InChI is InChI=1S/C8H17NO.FH/c1-3-4-5-6-10-8(2)7-9;/h2-7,9H2,1H3;1H. The Morgan fingerprint density at radius 1 is 1.45 bits per heavy atom. The number of ether oxygens (including phenoxy) is 1. The van der Waals surface area contributed by atoms with Crippen molar-refractivity contribution in [3.05, 3.63) is 12.3 Å². The Labute approximate surface area is 67.8 Å². The molecule has 3 heteroatoms. The Kier molecular flexibility index (Phi) is 11.2. The molecule has 0 aliphatic heterocycles. The van der Waals surface area contributed by atoms with Crippen molar-refractivity contribution >= 4 is 0 Å². The number of rotatable bonds is 6. The van der Waals surface area contributed by atoms with E-state index in [0.717, 1.165) is 13.0 Å². The quantitative estimate of drug-likeness (QED) is 0.479. The van der Waals surface area contributed by atoms with Gasteiger partial charge in [-0.1, -0.05) is 26.3 Å². The van der Waals surface area contributed by atoms with Crippen LogP contribution in [0.4, 0.5) is 4.70 Å². The molecule has 0 aliphatic carbocycles. The second-order valence-electron chi connectivity index (χ2n) is 2.30. The van der Waals surface area contributed by atoms with E-state index in [1.807, 2.05) is 0 Å². The van der Waals surface area contributed by atoms with Crippen LogP contribution >= 0.6 is 0 Å². The summed E-state index contributed by atoms with van der Waals surface area (Å²) < 4.78 is 5.17. The molecule has 11 heavy (non-hydrogen) atoms. The van der Waals surface area contributed by atoms with E-state index in [0.29, 0.717) is 12.3 Å². The zero-order valence-corrected chi connectivity index (χ0v) is 7.14. The van der Waals surface area contributed by atoms with Crippen LogP contribution in [0.5, 0.6) is 0 Å². The van der Waals surface area contributed by atoms with Gasteiger partial charge in [0.05, 0.1) is 13.2 Å². The largest absolute Gasteiger partial charge is 0.497 e. The molecule has 0 aromatic heterocycles. The summed E-state index contributed by atoms with van der Waals surface area (Å²) in [5.74, 6) is 0.691. The van der Waals surface area contributed by atoms with Gasteiger partial charge in [-0.2, -0.15) is 0 Å². The second-order valence-corrected chi connectivity index (χ2v) is 2.30. The van der Waals surface area contributed by atoms with E-state index in [1.54, 1.807) is 0 Å². The van der Waals surface area contributed by atoms with Crippen molar-refractivity contribution in [2.75, 3.05) is 13.2 Å². The number of halogens is 1. The fourth-order valence-electron chi connectivity index (χ4n) is 0.627. The summed E-state index contributed by atoms with van der Waals surface area (Å²) in [6.07, 6.45) is 3.55. The van der Waals surface area contributed by atoms with Crippen molar-refractivity contribution in [3.8, 4) is 0 Å². The molecule has 2 nitrogen and oxygen atoms in total. The lowest BCUT2D eigenvalue weighted by Crippen LogP contribution is -2.05. The maximum atomic E-state index is 5.26. The summed E-state index contributed by atoms with van der Waals surface area (Å²) in [4.78, 5) is 0. The summed E-state index contributed by atoms with van der Waals surface area (Å²) in [6, 6.07) is 0. The first-order valence-electron chi connectivity index (χ1n) is 3.82. The van der Waals surface area contributed by atoms with Crippen LogP contribution in [0.1, 0.15) is 26.2 Å². The minimum atomic E-state index is 0. The van der Waals surface area contributed by atoms with Gasteiger partial charge in [0.25, 0.3) is 0 Å². The van der Waals surface area contributed by atoms with Gasteiger partial charge < -0.3 is 10.5 Å². The predicted molar refractivity (Wildman–Crippen MR) is 46.2 cm³/mol. The van der Waals surface area contributed by atoms with Crippen molar-refractivity contribution in [1.29, 1.82) is 0 Å². The predicted octanol–water partition coefficient (Wildman–Crippen LogP) is 1.82. The number of hydrogen-bond donors (Lipinski definition) is 1. The molecule has 0 saturated carbocycles. The van der Waals surface area contributed by atoms with Crippen molar-refractivity contribution in [2.24, 2.45) is 5.73 Å². The van der Waals surface area contributed by atoms with Gasteiger partial charge >= 0.3 is 0 Å². The van der Waals surface area contributed by atoms with Gasteiger partial charge in [0, 0.05) is 0 Å². The smallest absolute Gasteiger partial charge is 0.102 e. The summed E-state index contributed by atoms with van der Waals surface area (Å²) in [6.45, 7) is 6.99. The molecule has 0 saturated heterocycles. The van der Waals surface area contributed by atoms with Gasteiger partial charge in [-0.25, -0.2) is 0 Å². The molecule has 68 valence electrons. The van der Waals surface area contributed by atoms with E-state index in [2.05, 4.69) is 13.5 Å². The van der Waals surface area contributed by atoms with Crippen molar-refractivity contribution < 1.29 is 9.44 Å². The second kappa shape index (κ2) is 9.43. The molecule has 0 aromatic carbocycles. The van der Waals surface area contributed by atoms with Gasteiger partial charge in [0.15, 0.2) is 0 Å². The molecular formula is C8H18FNO.